The molecule has 0 unspecified atom stereocenters. The van der Waals surface area contributed by atoms with Crippen molar-refractivity contribution >= 4 is 5.78 Å². The van der Waals surface area contributed by atoms with Crippen LogP contribution in [0.5, 0.6) is 5.75 Å². The lowest BCUT2D eigenvalue weighted by atomic mass is 10.0. The van der Waals surface area contributed by atoms with Crippen molar-refractivity contribution in [2.24, 2.45) is 0 Å². The number of carbonyl (C=O) groups is 1. The van der Waals surface area contributed by atoms with Crippen LogP contribution < -0.4 is 0 Å². The summed E-state index contributed by atoms with van der Waals surface area (Å²) >= 11 is 0. The maximum Gasteiger partial charge on any atom is 0.202 e. The van der Waals surface area contributed by atoms with Crippen LogP contribution >= 0.6 is 0 Å². The van der Waals surface area contributed by atoms with E-state index < -0.39 is 0 Å². The molecule has 0 radical (unpaired) electrons. The molecule has 4 heteroatoms. The Morgan fingerprint density at radius 1 is 0.962 bits per heavy atom. The van der Waals surface area contributed by atoms with Crippen LogP contribution in [0, 0.1) is 0 Å². The predicted molar refractivity (Wildman–Crippen MR) is 101 cm³/mol. The SMILES string of the molecule is O=C(CCCCCc1ccccc1)Cc1ncc(-c2ccccc2O)o1. The van der Waals surface area contributed by atoms with E-state index in [-0.39, 0.29) is 18.0 Å². The third kappa shape index (κ3) is 5.06. The molecule has 1 heterocycles. The van der Waals surface area contributed by atoms with Crippen molar-refractivity contribution in [1.82, 2.24) is 4.98 Å². The van der Waals surface area contributed by atoms with Crippen LogP contribution in [0.25, 0.3) is 11.3 Å². The summed E-state index contributed by atoms with van der Waals surface area (Å²) in [6, 6.07) is 17.3. The largest absolute Gasteiger partial charge is 0.507 e. The van der Waals surface area contributed by atoms with E-state index in [0.717, 1.165) is 25.7 Å². The molecule has 3 aromatic rings. The standard InChI is InChI=1S/C22H23NO3/c24-18(12-6-2-5-11-17-9-3-1-4-10-17)15-22-23-16-21(26-22)19-13-7-8-14-20(19)25/h1,3-4,7-10,13-14,16,25H,2,5-6,11-12,15H2. The number of phenols is 1. The number of rotatable bonds is 9. The number of aryl methyl sites for hydroxylation is 1. The Hall–Kier alpha value is -2.88. The second-order valence-electron chi connectivity index (χ2n) is 6.40. The van der Waals surface area contributed by atoms with Gasteiger partial charge >= 0.3 is 0 Å². The first kappa shape index (κ1) is 17.9. The molecule has 0 fully saturated rings. The number of nitrogens with zero attached hydrogens (tertiary/aromatic N) is 1. The van der Waals surface area contributed by atoms with E-state index in [0.29, 0.717) is 23.6 Å². The van der Waals surface area contributed by atoms with E-state index in [1.165, 1.54) is 5.56 Å². The van der Waals surface area contributed by atoms with Gasteiger partial charge in [0.2, 0.25) is 5.89 Å². The summed E-state index contributed by atoms with van der Waals surface area (Å²) in [5.74, 6) is 1.15. The van der Waals surface area contributed by atoms with Crippen molar-refractivity contribution < 1.29 is 14.3 Å². The molecule has 0 aliphatic rings. The highest BCUT2D eigenvalue weighted by Gasteiger charge is 2.12. The third-order valence-electron chi connectivity index (χ3n) is 4.34. The molecular formula is C22H23NO3. The minimum absolute atomic E-state index is 0.135. The van der Waals surface area contributed by atoms with Crippen LogP contribution in [-0.2, 0) is 17.6 Å². The van der Waals surface area contributed by atoms with E-state index in [9.17, 15) is 9.90 Å². The van der Waals surface area contributed by atoms with Crippen LogP contribution in [0.3, 0.4) is 0 Å². The fraction of sp³-hybridized carbons (Fsp3) is 0.273. The number of para-hydroxylation sites is 1. The highest BCUT2D eigenvalue weighted by atomic mass is 16.4. The van der Waals surface area contributed by atoms with Gasteiger partial charge in [-0.3, -0.25) is 4.79 Å². The number of benzene rings is 2. The number of aromatic nitrogens is 1. The first-order valence-electron chi connectivity index (χ1n) is 9.01. The Labute approximate surface area is 153 Å². The van der Waals surface area contributed by atoms with Crippen LogP contribution in [0.4, 0.5) is 0 Å². The zero-order valence-corrected chi connectivity index (χ0v) is 14.7. The molecule has 0 amide bonds. The fourth-order valence-corrected chi connectivity index (χ4v) is 2.93. The minimum Gasteiger partial charge on any atom is -0.507 e. The van der Waals surface area contributed by atoms with Gasteiger partial charge < -0.3 is 9.52 Å². The van der Waals surface area contributed by atoms with Crippen molar-refractivity contribution in [3.63, 3.8) is 0 Å². The van der Waals surface area contributed by atoms with Crippen LogP contribution in [-0.4, -0.2) is 15.9 Å². The van der Waals surface area contributed by atoms with E-state index >= 15 is 0 Å². The fourth-order valence-electron chi connectivity index (χ4n) is 2.93. The second kappa shape index (κ2) is 8.99. The van der Waals surface area contributed by atoms with E-state index in [4.69, 9.17) is 4.42 Å². The van der Waals surface area contributed by atoms with Gasteiger partial charge in [-0.2, -0.15) is 0 Å². The molecule has 0 bridgehead atoms. The second-order valence-corrected chi connectivity index (χ2v) is 6.40. The molecule has 4 nitrogen and oxygen atoms in total. The number of hydrogen-bond acceptors (Lipinski definition) is 4. The van der Waals surface area contributed by atoms with Crippen LogP contribution in [0.2, 0.25) is 0 Å². The maximum absolute atomic E-state index is 12.1. The average Bonchev–Trinajstić information content (AvgIpc) is 3.11. The van der Waals surface area contributed by atoms with E-state index in [1.54, 1.807) is 24.4 Å². The Balaban J connectivity index is 1.41. The maximum atomic E-state index is 12.1. The zero-order valence-electron chi connectivity index (χ0n) is 14.7. The van der Waals surface area contributed by atoms with Gasteiger partial charge in [-0.25, -0.2) is 4.98 Å². The van der Waals surface area contributed by atoms with Crippen molar-refractivity contribution in [2.75, 3.05) is 0 Å². The molecule has 2 aromatic carbocycles. The minimum atomic E-state index is 0.135. The quantitative estimate of drug-likeness (QED) is 0.555. The molecule has 0 aliphatic carbocycles. The molecular weight excluding hydrogens is 326 g/mol. The van der Waals surface area contributed by atoms with Gasteiger partial charge in [0.1, 0.15) is 11.5 Å². The molecule has 1 aromatic heterocycles. The number of phenolic OH excluding ortho intramolecular Hbond substituents is 1. The van der Waals surface area contributed by atoms with Crippen molar-refractivity contribution in [3.05, 3.63) is 72.2 Å². The molecule has 134 valence electrons. The molecule has 0 aliphatic heterocycles. The van der Waals surface area contributed by atoms with Crippen molar-refractivity contribution in [2.45, 2.75) is 38.5 Å². The highest BCUT2D eigenvalue weighted by molar-refractivity contribution is 5.80. The smallest absolute Gasteiger partial charge is 0.202 e. The monoisotopic (exact) mass is 349 g/mol. The average molecular weight is 349 g/mol. The van der Waals surface area contributed by atoms with Gasteiger partial charge in [-0.15, -0.1) is 0 Å². The first-order valence-corrected chi connectivity index (χ1v) is 9.01. The molecule has 1 N–H and O–H groups in total. The summed E-state index contributed by atoms with van der Waals surface area (Å²) in [5, 5.41) is 9.85. The topological polar surface area (TPSA) is 63.3 Å². The van der Waals surface area contributed by atoms with E-state index in [1.807, 2.05) is 12.1 Å². The van der Waals surface area contributed by atoms with Gasteiger partial charge in [0.25, 0.3) is 0 Å². The van der Waals surface area contributed by atoms with Gasteiger partial charge in [0.15, 0.2) is 5.76 Å². The number of Topliss-reactive ketones (excluding diaryl/α,β-unsaturated/α-hetero) is 1. The lowest BCUT2D eigenvalue weighted by Gasteiger charge is -2.02. The number of carbonyl (C=O) groups excluding carboxylic acids is 1. The number of aromatic hydroxyl groups is 1. The number of ketones is 1. The third-order valence-corrected chi connectivity index (χ3v) is 4.34. The summed E-state index contributed by atoms with van der Waals surface area (Å²) in [4.78, 5) is 16.3. The molecule has 3 rings (SSSR count). The van der Waals surface area contributed by atoms with Crippen molar-refractivity contribution in [1.29, 1.82) is 0 Å². The van der Waals surface area contributed by atoms with Crippen molar-refractivity contribution in [3.8, 4) is 17.1 Å². The molecule has 0 saturated heterocycles. The lowest BCUT2D eigenvalue weighted by molar-refractivity contribution is -0.118. The number of unbranched alkanes of at least 4 members (excludes halogenated alkanes) is 2. The summed E-state index contributed by atoms with van der Waals surface area (Å²) in [7, 11) is 0. The molecule has 0 saturated carbocycles. The van der Waals surface area contributed by atoms with Gasteiger partial charge in [0.05, 0.1) is 18.2 Å². The zero-order chi connectivity index (χ0) is 18.2. The van der Waals surface area contributed by atoms with E-state index in [2.05, 4.69) is 29.2 Å². The van der Waals surface area contributed by atoms with Gasteiger partial charge in [-0.1, -0.05) is 48.9 Å². The summed E-state index contributed by atoms with van der Waals surface area (Å²) in [6.07, 6.45) is 6.37. The lowest BCUT2D eigenvalue weighted by Crippen LogP contribution is -2.02. The van der Waals surface area contributed by atoms with Gasteiger partial charge in [-0.05, 0) is 37.0 Å². The molecule has 0 spiro atoms. The van der Waals surface area contributed by atoms with Crippen LogP contribution in [0.15, 0.2) is 65.2 Å². The highest BCUT2D eigenvalue weighted by Crippen LogP contribution is 2.29. The summed E-state index contributed by atoms with van der Waals surface area (Å²) < 4.78 is 5.61. The predicted octanol–water partition coefficient (Wildman–Crippen LogP) is 4.96. The number of oxazole rings is 1. The Bertz CT molecular complexity index is 839. The summed E-state index contributed by atoms with van der Waals surface area (Å²) in [6.45, 7) is 0. The Kier molecular flexibility index (Phi) is 6.20. The first-order chi connectivity index (χ1) is 12.7. The normalized spacial score (nSPS) is 10.8. The molecule has 0 atom stereocenters. The Morgan fingerprint density at radius 2 is 1.73 bits per heavy atom. The molecule has 26 heavy (non-hydrogen) atoms. The number of hydrogen-bond donors (Lipinski definition) is 1. The summed E-state index contributed by atoms with van der Waals surface area (Å²) in [5.41, 5.74) is 1.93. The van der Waals surface area contributed by atoms with Gasteiger partial charge in [0, 0.05) is 6.42 Å². The Morgan fingerprint density at radius 3 is 2.54 bits per heavy atom. The van der Waals surface area contributed by atoms with Crippen LogP contribution in [0.1, 0.15) is 37.1 Å².